The molecule has 0 aliphatic carbocycles. The predicted octanol–water partition coefficient (Wildman–Crippen LogP) is 4.55. The third kappa shape index (κ3) is 8.41. The third-order valence-corrected chi connectivity index (χ3v) is 8.62. The van der Waals surface area contributed by atoms with Gasteiger partial charge in [-0.3, -0.25) is 13.9 Å². The zero-order valence-corrected chi connectivity index (χ0v) is 26.4. The molecular formula is C32H41N3O7S. The van der Waals surface area contributed by atoms with Gasteiger partial charge in [0.05, 0.1) is 31.4 Å². The SMILES string of the molecule is CCCNC(=O)C(C)N(Cc1ccc(C)cc1)C(=O)CN(c1ccc(OCC)cc1)S(=O)(=O)c1ccc(OC)c(OC)c1. The Morgan fingerprint density at radius 1 is 0.907 bits per heavy atom. The molecule has 0 aliphatic rings. The first-order valence-electron chi connectivity index (χ1n) is 14.2. The molecular weight excluding hydrogens is 570 g/mol. The summed E-state index contributed by atoms with van der Waals surface area (Å²) in [6.07, 6.45) is 0.736. The monoisotopic (exact) mass is 611 g/mol. The maximum absolute atomic E-state index is 14.2. The zero-order valence-electron chi connectivity index (χ0n) is 25.6. The molecule has 0 bridgehead atoms. The van der Waals surface area contributed by atoms with Crippen LogP contribution in [0.5, 0.6) is 17.2 Å². The van der Waals surface area contributed by atoms with Gasteiger partial charge < -0.3 is 24.4 Å². The van der Waals surface area contributed by atoms with Crippen LogP contribution in [0.3, 0.4) is 0 Å². The van der Waals surface area contributed by atoms with Crippen molar-refractivity contribution in [1.82, 2.24) is 10.2 Å². The summed E-state index contributed by atoms with van der Waals surface area (Å²) in [7, 11) is -1.43. The molecule has 1 unspecified atom stereocenters. The maximum atomic E-state index is 14.2. The zero-order chi connectivity index (χ0) is 31.6. The number of methoxy groups -OCH3 is 2. The number of hydrogen-bond donors (Lipinski definition) is 1. The summed E-state index contributed by atoms with van der Waals surface area (Å²) < 4.78 is 45.5. The number of sulfonamides is 1. The Labute approximate surface area is 254 Å². The van der Waals surface area contributed by atoms with Crippen molar-refractivity contribution in [2.75, 3.05) is 38.2 Å². The number of aryl methyl sites for hydroxylation is 1. The van der Waals surface area contributed by atoms with E-state index < -0.39 is 28.5 Å². The molecule has 3 rings (SSSR count). The van der Waals surface area contributed by atoms with Gasteiger partial charge in [0.15, 0.2) is 11.5 Å². The Morgan fingerprint density at radius 2 is 1.56 bits per heavy atom. The van der Waals surface area contributed by atoms with Crippen molar-refractivity contribution in [2.24, 2.45) is 0 Å². The van der Waals surface area contributed by atoms with E-state index in [1.165, 1.54) is 37.3 Å². The van der Waals surface area contributed by atoms with Crippen LogP contribution in [0.4, 0.5) is 5.69 Å². The number of carbonyl (C=O) groups excluding carboxylic acids is 2. The Bertz CT molecular complexity index is 1480. The quantitative estimate of drug-likeness (QED) is 0.268. The second kappa shape index (κ2) is 15.3. The molecule has 0 radical (unpaired) electrons. The fourth-order valence-electron chi connectivity index (χ4n) is 4.38. The van der Waals surface area contributed by atoms with Gasteiger partial charge in [-0.25, -0.2) is 8.42 Å². The first-order chi connectivity index (χ1) is 20.5. The van der Waals surface area contributed by atoms with Crippen LogP contribution < -0.4 is 23.8 Å². The highest BCUT2D eigenvalue weighted by molar-refractivity contribution is 7.92. The first-order valence-corrected chi connectivity index (χ1v) is 15.6. The molecule has 0 heterocycles. The lowest BCUT2D eigenvalue weighted by Gasteiger charge is -2.32. The number of benzene rings is 3. The second-order valence-corrected chi connectivity index (χ2v) is 11.8. The summed E-state index contributed by atoms with van der Waals surface area (Å²) in [6.45, 7) is 7.85. The highest BCUT2D eigenvalue weighted by atomic mass is 32.2. The standard InChI is InChI=1S/C32H41N3O7S/c1-7-19-33-32(37)24(4)34(21-25-11-9-23(3)10-12-25)31(36)22-35(26-13-15-27(16-14-26)42-8-2)43(38,39)28-17-18-29(40-5)30(20-28)41-6/h9-18,20,24H,7-8,19,21-22H2,1-6H3,(H,33,37). The lowest BCUT2D eigenvalue weighted by molar-refractivity contribution is -0.139. The molecule has 1 atom stereocenters. The lowest BCUT2D eigenvalue weighted by atomic mass is 10.1. The van der Waals surface area contributed by atoms with E-state index in [0.717, 1.165) is 21.9 Å². The Morgan fingerprint density at radius 3 is 2.14 bits per heavy atom. The van der Waals surface area contributed by atoms with Crippen LogP contribution in [-0.2, 0) is 26.2 Å². The number of carbonyl (C=O) groups is 2. The van der Waals surface area contributed by atoms with E-state index in [2.05, 4.69) is 5.32 Å². The molecule has 0 aliphatic heterocycles. The van der Waals surface area contributed by atoms with Crippen LogP contribution in [0, 0.1) is 6.92 Å². The topological polar surface area (TPSA) is 114 Å². The van der Waals surface area contributed by atoms with E-state index >= 15 is 0 Å². The van der Waals surface area contributed by atoms with E-state index in [1.807, 2.05) is 45.0 Å². The van der Waals surface area contributed by atoms with Crippen LogP contribution >= 0.6 is 0 Å². The fraction of sp³-hybridized carbons (Fsp3) is 0.375. The number of nitrogens with zero attached hydrogens (tertiary/aromatic N) is 2. The van der Waals surface area contributed by atoms with Gasteiger partial charge in [-0.2, -0.15) is 0 Å². The van der Waals surface area contributed by atoms with Crippen LogP contribution in [0.15, 0.2) is 71.6 Å². The van der Waals surface area contributed by atoms with Crippen molar-refractivity contribution in [2.45, 2.75) is 51.6 Å². The second-order valence-electron chi connectivity index (χ2n) is 9.93. The molecule has 0 fully saturated rings. The molecule has 1 N–H and O–H groups in total. The minimum atomic E-state index is -4.30. The molecule has 2 amide bonds. The molecule has 3 aromatic carbocycles. The van der Waals surface area contributed by atoms with Crippen molar-refractivity contribution in [1.29, 1.82) is 0 Å². The molecule has 3 aromatic rings. The summed E-state index contributed by atoms with van der Waals surface area (Å²) in [5.41, 5.74) is 2.12. The van der Waals surface area contributed by atoms with Crippen LogP contribution in [0.25, 0.3) is 0 Å². The maximum Gasteiger partial charge on any atom is 0.264 e. The summed E-state index contributed by atoms with van der Waals surface area (Å²) in [6, 6.07) is 17.5. The van der Waals surface area contributed by atoms with Gasteiger partial charge in [-0.1, -0.05) is 36.8 Å². The fourth-order valence-corrected chi connectivity index (χ4v) is 5.81. The highest BCUT2D eigenvalue weighted by Crippen LogP contribution is 2.33. The van der Waals surface area contributed by atoms with Gasteiger partial charge in [0.25, 0.3) is 10.0 Å². The Balaban J connectivity index is 2.07. The Hall–Kier alpha value is -4.25. The molecule has 0 saturated carbocycles. The highest BCUT2D eigenvalue weighted by Gasteiger charge is 2.33. The van der Waals surface area contributed by atoms with Gasteiger partial charge in [0.2, 0.25) is 11.8 Å². The average molecular weight is 612 g/mol. The Kier molecular flexibility index (Phi) is 11.8. The third-order valence-electron chi connectivity index (χ3n) is 6.85. The predicted molar refractivity (Wildman–Crippen MR) is 166 cm³/mol. The van der Waals surface area contributed by atoms with Gasteiger partial charge in [-0.15, -0.1) is 0 Å². The summed E-state index contributed by atoms with van der Waals surface area (Å²) in [5, 5.41) is 2.84. The van der Waals surface area contributed by atoms with Crippen LogP contribution in [-0.4, -0.2) is 65.1 Å². The smallest absolute Gasteiger partial charge is 0.264 e. The van der Waals surface area contributed by atoms with Crippen molar-refractivity contribution < 1.29 is 32.2 Å². The number of anilines is 1. The molecule has 0 spiro atoms. The first kappa shape index (κ1) is 33.3. The summed E-state index contributed by atoms with van der Waals surface area (Å²) in [5.74, 6) is 0.281. The van der Waals surface area contributed by atoms with E-state index in [4.69, 9.17) is 14.2 Å². The normalized spacial score (nSPS) is 11.8. The van der Waals surface area contributed by atoms with Gasteiger partial charge in [-0.05, 0) is 69.2 Å². The average Bonchev–Trinajstić information content (AvgIpc) is 3.01. The molecule has 0 aromatic heterocycles. The van der Waals surface area contributed by atoms with Crippen molar-refractivity contribution >= 4 is 27.5 Å². The number of rotatable bonds is 15. The van der Waals surface area contributed by atoms with Crippen molar-refractivity contribution in [3.8, 4) is 17.2 Å². The number of amides is 2. The van der Waals surface area contributed by atoms with E-state index in [1.54, 1.807) is 31.2 Å². The molecule has 10 nitrogen and oxygen atoms in total. The number of hydrogen-bond acceptors (Lipinski definition) is 7. The van der Waals surface area contributed by atoms with E-state index in [0.29, 0.717) is 24.7 Å². The summed E-state index contributed by atoms with van der Waals surface area (Å²) >= 11 is 0. The molecule has 0 saturated heterocycles. The van der Waals surface area contributed by atoms with Crippen LogP contribution in [0.1, 0.15) is 38.3 Å². The van der Waals surface area contributed by atoms with Crippen molar-refractivity contribution in [3.05, 3.63) is 77.9 Å². The van der Waals surface area contributed by atoms with Crippen LogP contribution in [0.2, 0.25) is 0 Å². The number of nitrogens with one attached hydrogen (secondary N) is 1. The van der Waals surface area contributed by atoms with Crippen molar-refractivity contribution in [3.63, 3.8) is 0 Å². The summed E-state index contributed by atoms with van der Waals surface area (Å²) in [4.78, 5) is 28.4. The number of ether oxygens (including phenoxy) is 3. The minimum Gasteiger partial charge on any atom is -0.494 e. The van der Waals surface area contributed by atoms with Gasteiger partial charge in [0.1, 0.15) is 18.3 Å². The molecule has 232 valence electrons. The van der Waals surface area contributed by atoms with Gasteiger partial charge >= 0.3 is 0 Å². The minimum absolute atomic E-state index is 0.0920. The van der Waals surface area contributed by atoms with E-state index in [-0.39, 0.29) is 28.8 Å². The largest absolute Gasteiger partial charge is 0.494 e. The van der Waals surface area contributed by atoms with Gasteiger partial charge in [0, 0.05) is 19.2 Å². The van der Waals surface area contributed by atoms with E-state index in [9.17, 15) is 18.0 Å². The molecule has 11 heteroatoms. The molecule has 43 heavy (non-hydrogen) atoms. The lowest BCUT2D eigenvalue weighted by Crippen LogP contribution is -2.51.